The molecule has 5 fully saturated rings. The Morgan fingerprint density at radius 2 is 1.64 bits per heavy atom. The summed E-state index contributed by atoms with van der Waals surface area (Å²) in [5.41, 5.74) is 0.155. The second kappa shape index (κ2) is 8.75. The van der Waals surface area contributed by atoms with Crippen molar-refractivity contribution in [2.75, 3.05) is 19.8 Å². The number of nitrogens with one attached hydrogen (secondary N) is 1. The maximum atomic E-state index is 13.5. The third-order valence-corrected chi connectivity index (χ3v) is 10.1. The third-order valence-electron chi connectivity index (χ3n) is 8.73. The largest absolute Gasteiger partial charge is 0.351 e. The first-order valence-corrected chi connectivity index (χ1v) is 13.5. The molecule has 160 valence electrons. The fraction of sp³-hybridized carbons (Fsp3) is 0.957. The topological polar surface area (TPSA) is 49.4 Å². The van der Waals surface area contributed by atoms with Crippen LogP contribution in [0.1, 0.15) is 83.5 Å². The highest BCUT2D eigenvalue weighted by molar-refractivity contribution is 7.84. The molecule has 1 N–H and O–H groups in total. The Bertz CT molecular complexity index is 581. The lowest BCUT2D eigenvalue weighted by Crippen LogP contribution is -2.69. The molecule has 4 atom stereocenters. The SMILES string of the molecule is CN1CC2CCC1(C(NC(=O)C1CCCCC1S(C)=O)C1CCCCC1)CC2. The van der Waals surface area contributed by atoms with Crippen LogP contribution < -0.4 is 5.32 Å². The molecule has 0 aromatic heterocycles. The van der Waals surface area contributed by atoms with Crippen molar-refractivity contribution < 1.29 is 9.00 Å². The van der Waals surface area contributed by atoms with Crippen molar-refractivity contribution in [2.24, 2.45) is 17.8 Å². The average Bonchev–Trinajstić information content (AvgIpc) is 2.73. The number of fused-ring (bicyclic) bond motifs is 3. The van der Waals surface area contributed by atoms with Crippen LogP contribution in [-0.4, -0.2) is 51.7 Å². The van der Waals surface area contributed by atoms with E-state index in [0.717, 1.165) is 31.6 Å². The van der Waals surface area contributed by atoms with Gasteiger partial charge in [-0.1, -0.05) is 32.1 Å². The second-order valence-corrected chi connectivity index (χ2v) is 11.8. The van der Waals surface area contributed by atoms with Gasteiger partial charge in [0.1, 0.15) is 0 Å². The quantitative estimate of drug-likeness (QED) is 0.751. The molecule has 5 heteroatoms. The number of likely N-dealkylation sites (N-methyl/N-ethyl adjacent to an activating group) is 1. The number of hydrogen-bond acceptors (Lipinski definition) is 3. The number of piperidine rings is 2. The van der Waals surface area contributed by atoms with Gasteiger partial charge in [-0.15, -0.1) is 0 Å². The molecule has 3 aliphatic carbocycles. The highest BCUT2D eigenvalue weighted by atomic mass is 32.2. The summed E-state index contributed by atoms with van der Waals surface area (Å²) in [6.07, 6.45) is 17.5. The Hall–Kier alpha value is -0.420. The minimum absolute atomic E-state index is 0.0488. The molecule has 1 amide bonds. The van der Waals surface area contributed by atoms with E-state index in [1.165, 1.54) is 64.3 Å². The van der Waals surface area contributed by atoms with E-state index < -0.39 is 10.8 Å². The summed E-state index contributed by atoms with van der Waals surface area (Å²) in [7, 11) is 1.39. The standard InChI is InChI=1S/C23H40N2O2S/c1-25-16-17-12-14-23(25,15-13-17)21(18-8-4-3-5-9-18)24-22(26)19-10-6-7-11-20(19)28(2)27/h17-21H,3-16H2,1-2H3,(H,24,26). The summed E-state index contributed by atoms with van der Waals surface area (Å²) in [5, 5.41) is 3.70. The Morgan fingerprint density at radius 1 is 1.00 bits per heavy atom. The summed E-state index contributed by atoms with van der Waals surface area (Å²) in [4.78, 5) is 16.1. The maximum Gasteiger partial charge on any atom is 0.224 e. The number of hydrogen-bond donors (Lipinski definition) is 1. The van der Waals surface area contributed by atoms with Crippen molar-refractivity contribution in [1.82, 2.24) is 10.2 Å². The Morgan fingerprint density at radius 3 is 2.29 bits per heavy atom. The van der Waals surface area contributed by atoms with Crippen LogP contribution >= 0.6 is 0 Å². The minimum Gasteiger partial charge on any atom is -0.351 e. The zero-order valence-electron chi connectivity index (χ0n) is 18.0. The molecule has 4 unspecified atom stereocenters. The van der Waals surface area contributed by atoms with E-state index in [4.69, 9.17) is 0 Å². The van der Waals surface area contributed by atoms with Crippen LogP contribution in [0, 0.1) is 17.8 Å². The van der Waals surface area contributed by atoms with Gasteiger partial charge in [-0.2, -0.15) is 0 Å². The lowest BCUT2D eigenvalue weighted by molar-refractivity contribution is -0.131. The molecule has 4 nitrogen and oxygen atoms in total. The van der Waals surface area contributed by atoms with Gasteiger partial charge >= 0.3 is 0 Å². The van der Waals surface area contributed by atoms with Gasteiger partial charge in [0.25, 0.3) is 0 Å². The lowest BCUT2D eigenvalue weighted by atomic mass is 9.62. The monoisotopic (exact) mass is 408 g/mol. The Kier molecular flexibility index (Phi) is 6.51. The maximum absolute atomic E-state index is 13.5. The molecule has 0 spiro atoms. The number of rotatable bonds is 5. The molecule has 28 heavy (non-hydrogen) atoms. The van der Waals surface area contributed by atoms with Crippen LogP contribution in [0.3, 0.4) is 0 Å². The number of carbonyl (C=O) groups excluding carboxylic acids is 1. The van der Waals surface area contributed by atoms with E-state index in [-0.39, 0.29) is 28.7 Å². The van der Waals surface area contributed by atoms with Gasteiger partial charge < -0.3 is 5.32 Å². The normalized spacial score (nSPS) is 39.4. The molecule has 0 aromatic carbocycles. The number of amides is 1. The Labute approximate surface area is 174 Å². The van der Waals surface area contributed by atoms with E-state index in [1.807, 2.05) is 0 Å². The summed E-state index contributed by atoms with van der Waals surface area (Å²) < 4.78 is 12.3. The van der Waals surface area contributed by atoms with Gasteiger partial charge in [0.2, 0.25) is 5.91 Å². The fourth-order valence-electron chi connectivity index (χ4n) is 7.07. The predicted octanol–water partition coefficient (Wildman–Crippen LogP) is 3.86. The molecular weight excluding hydrogens is 368 g/mol. The zero-order chi connectivity index (χ0) is 19.7. The third kappa shape index (κ3) is 3.95. The summed E-state index contributed by atoms with van der Waals surface area (Å²) in [6.45, 7) is 1.20. The van der Waals surface area contributed by atoms with Crippen LogP contribution in [-0.2, 0) is 15.6 Å². The molecule has 2 heterocycles. The summed E-state index contributed by atoms with van der Waals surface area (Å²) in [6, 6.07) is 0.277. The first kappa shape index (κ1) is 20.8. The van der Waals surface area contributed by atoms with Crippen LogP contribution in [0.4, 0.5) is 0 Å². The van der Waals surface area contributed by atoms with Crippen molar-refractivity contribution in [3.8, 4) is 0 Å². The molecule has 2 bridgehead atoms. The number of nitrogens with zero attached hydrogens (tertiary/aromatic N) is 1. The van der Waals surface area contributed by atoms with Crippen LogP contribution in [0.5, 0.6) is 0 Å². The van der Waals surface area contributed by atoms with Gasteiger partial charge in [-0.25, -0.2) is 0 Å². The van der Waals surface area contributed by atoms with E-state index >= 15 is 0 Å². The summed E-state index contributed by atoms with van der Waals surface area (Å²) >= 11 is 0. The molecular formula is C23H40N2O2S. The lowest BCUT2D eigenvalue weighted by Gasteiger charge is -2.59. The van der Waals surface area contributed by atoms with Crippen molar-refractivity contribution in [3.05, 3.63) is 0 Å². The highest BCUT2D eigenvalue weighted by Crippen LogP contribution is 2.48. The highest BCUT2D eigenvalue weighted by Gasteiger charge is 2.52. The average molecular weight is 409 g/mol. The van der Waals surface area contributed by atoms with E-state index in [0.29, 0.717) is 5.92 Å². The van der Waals surface area contributed by atoms with Gasteiger partial charge in [0.15, 0.2) is 0 Å². The van der Waals surface area contributed by atoms with E-state index in [2.05, 4.69) is 17.3 Å². The molecule has 0 aromatic rings. The second-order valence-electron chi connectivity index (χ2n) is 10.2. The van der Waals surface area contributed by atoms with Crippen molar-refractivity contribution in [1.29, 1.82) is 0 Å². The smallest absolute Gasteiger partial charge is 0.224 e. The molecule has 5 rings (SSSR count). The van der Waals surface area contributed by atoms with E-state index in [9.17, 15) is 9.00 Å². The minimum atomic E-state index is -0.910. The molecule has 0 radical (unpaired) electrons. The van der Waals surface area contributed by atoms with Gasteiger partial charge in [0.05, 0.1) is 5.92 Å². The molecule has 3 saturated carbocycles. The molecule has 5 aliphatic rings. The fourth-order valence-corrected chi connectivity index (χ4v) is 8.29. The van der Waals surface area contributed by atoms with Crippen LogP contribution in [0.2, 0.25) is 0 Å². The van der Waals surface area contributed by atoms with Crippen LogP contribution in [0.15, 0.2) is 0 Å². The summed E-state index contributed by atoms with van der Waals surface area (Å²) in [5.74, 6) is 1.64. The van der Waals surface area contributed by atoms with Crippen molar-refractivity contribution >= 4 is 16.7 Å². The van der Waals surface area contributed by atoms with Crippen molar-refractivity contribution in [3.63, 3.8) is 0 Å². The predicted molar refractivity (Wildman–Crippen MR) is 116 cm³/mol. The zero-order valence-corrected chi connectivity index (χ0v) is 18.8. The van der Waals surface area contributed by atoms with Crippen LogP contribution in [0.25, 0.3) is 0 Å². The first-order chi connectivity index (χ1) is 13.5. The van der Waals surface area contributed by atoms with Gasteiger partial charge in [0, 0.05) is 40.4 Å². The van der Waals surface area contributed by atoms with E-state index in [1.54, 1.807) is 6.26 Å². The van der Waals surface area contributed by atoms with Crippen molar-refractivity contribution in [2.45, 2.75) is 100 Å². The Balaban J connectivity index is 1.57. The molecule has 2 aliphatic heterocycles. The van der Waals surface area contributed by atoms with Gasteiger partial charge in [-0.05, 0) is 70.3 Å². The van der Waals surface area contributed by atoms with Gasteiger partial charge in [-0.3, -0.25) is 13.9 Å². The molecule has 2 saturated heterocycles. The number of carbonyl (C=O) groups is 1. The first-order valence-electron chi connectivity index (χ1n) is 11.8.